The topological polar surface area (TPSA) is 35.5 Å². The zero-order valence-corrected chi connectivity index (χ0v) is 7.33. The molecule has 1 fully saturated rings. The van der Waals surface area contributed by atoms with Crippen LogP contribution in [0.2, 0.25) is 0 Å². The third-order valence-electron chi connectivity index (χ3n) is 1.97. The number of carbonyl (C=O) groups excluding carboxylic acids is 1. The van der Waals surface area contributed by atoms with Crippen LogP contribution >= 0.6 is 0 Å². The van der Waals surface area contributed by atoms with E-state index >= 15 is 0 Å². The summed E-state index contributed by atoms with van der Waals surface area (Å²) in [4.78, 5) is 11.1. The van der Waals surface area contributed by atoms with Crippen molar-refractivity contribution in [3.8, 4) is 0 Å². The van der Waals surface area contributed by atoms with Gasteiger partial charge in [-0.05, 0) is 13.3 Å². The fourth-order valence-electron chi connectivity index (χ4n) is 1.36. The highest BCUT2D eigenvalue weighted by atomic mass is 19.3. The molecule has 2 atom stereocenters. The van der Waals surface area contributed by atoms with Crippen LogP contribution in [0.5, 0.6) is 0 Å². The standard InChI is InChI=1S/C8H12F2O3/c1-2-12-8(11)5-3-4-13-6(5)7(9)10/h5-7H,2-4H2,1H3/t5-,6-/m1/s1. The van der Waals surface area contributed by atoms with Gasteiger partial charge >= 0.3 is 5.97 Å². The van der Waals surface area contributed by atoms with E-state index in [1.54, 1.807) is 6.92 Å². The number of ether oxygens (including phenoxy) is 2. The van der Waals surface area contributed by atoms with E-state index < -0.39 is 24.4 Å². The van der Waals surface area contributed by atoms with Crippen LogP contribution < -0.4 is 0 Å². The monoisotopic (exact) mass is 194 g/mol. The van der Waals surface area contributed by atoms with Gasteiger partial charge in [0.15, 0.2) is 0 Å². The minimum Gasteiger partial charge on any atom is -0.466 e. The lowest BCUT2D eigenvalue weighted by atomic mass is 10.0. The SMILES string of the molecule is CCOC(=O)[C@@H]1CCO[C@H]1C(F)F. The number of halogens is 2. The summed E-state index contributed by atoms with van der Waals surface area (Å²) in [5, 5.41) is 0. The zero-order valence-electron chi connectivity index (χ0n) is 7.33. The molecule has 1 rings (SSSR count). The number of carbonyl (C=O) groups is 1. The van der Waals surface area contributed by atoms with Gasteiger partial charge in [-0.15, -0.1) is 0 Å². The number of rotatable bonds is 3. The Morgan fingerprint density at radius 1 is 1.69 bits per heavy atom. The highest BCUT2D eigenvalue weighted by Gasteiger charge is 2.40. The van der Waals surface area contributed by atoms with Crippen LogP contribution in [-0.2, 0) is 14.3 Å². The minimum atomic E-state index is -2.61. The van der Waals surface area contributed by atoms with E-state index in [1.807, 2.05) is 0 Å². The first-order valence-corrected chi connectivity index (χ1v) is 4.23. The predicted octanol–water partition coefficient (Wildman–Crippen LogP) is 1.22. The fraction of sp³-hybridized carbons (Fsp3) is 0.875. The number of alkyl halides is 2. The Morgan fingerprint density at radius 3 is 2.92 bits per heavy atom. The van der Waals surface area contributed by atoms with Gasteiger partial charge in [0.2, 0.25) is 0 Å². The molecule has 0 aromatic rings. The molecule has 0 saturated carbocycles. The molecule has 0 radical (unpaired) electrons. The first-order chi connectivity index (χ1) is 6.16. The van der Waals surface area contributed by atoms with Crippen molar-refractivity contribution in [3.05, 3.63) is 0 Å². The Morgan fingerprint density at radius 2 is 2.38 bits per heavy atom. The van der Waals surface area contributed by atoms with E-state index in [0.29, 0.717) is 6.42 Å². The summed E-state index contributed by atoms with van der Waals surface area (Å²) >= 11 is 0. The second-order valence-electron chi connectivity index (χ2n) is 2.82. The third-order valence-corrected chi connectivity index (χ3v) is 1.97. The van der Waals surface area contributed by atoms with Crippen molar-refractivity contribution in [2.45, 2.75) is 25.9 Å². The van der Waals surface area contributed by atoms with E-state index in [0.717, 1.165) is 0 Å². The molecule has 5 heteroatoms. The van der Waals surface area contributed by atoms with Gasteiger partial charge in [-0.2, -0.15) is 0 Å². The van der Waals surface area contributed by atoms with E-state index in [2.05, 4.69) is 4.74 Å². The summed E-state index contributed by atoms with van der Waals surface area (Å²) in [6.07, 6.45) is -3.57. The van der Waals surface area contributed by atoms with Crippen LogP contribution in [0.3, 0.4) is 0 Å². The van der Waals surface area contributed by atoms with E-state index in [1.165, 1.54) is 0 Å². The maximum absolute atomic E-state index is 12.3. The van der Waals surface area contributed by atoms with Gasteiger partial charge in [-0.3, -0.25) is 4.79 Å². The molecule has 1 aliphatic heterocycles. The molecule has 0 aliphatic carbocycles. The number of hydrogen-bond acceptors (Lipinski definition) is 3. The highest BCUT2D eigenvalue weighted by Crippen LogP contribution is 2.26. The molecular weight excluding hydrogens is 182 g/mol. The zero-order chi connectivity index (χ0) is 9.84. The Bertz CT molecular complexity index is 184. The van der Waals surface area contributed by atoms with Crippen LogP contribution in [0.15, 0.2) is 0 Å². The minimum absolute atomic E-state index is 0.207. The lowest BCUT2D eigenvalue weighted by Gasteiger charge is -2.15. The molecule has 1 aliphatic rings. The lowest BCUT2D eigenvalue weighted by molar-refractivity contribution is -0.153. The van der Waals surface area contributed by atoms with Crippen LogP contribution in [0, 0.1) is 5.92 Å². The van der Waals surface area contributed by atoms with Gasteiger partial charge in [0.25, 0.3) is 6.43 Å². The van der Waals surface area contributed by atoms with E-state index in [9.17, 15) is 13.6 Å². The van der Waals surface area contributed by atoms with Crippen LogP contribution in [0.1, 0.15) is 13.3 Å². The second kappa shape index (κ2) is 4.50. The van der Waals surface area contributed by atoms with Gasteiger partial charge in [0.05, 0.1) is 12.5 Å². The molecule has 0 amide bonds. The molecule has 0 unspecified atom stereocenters. The number of esters is 1. The average molecular weight is 194 g/mol. The van der Waals surface area contributed by atoms with Crippen molar-refractivity contribution in [3.63, 3.8) is 0 Å². The fourth-order valence-corrected chi connectivity index (χ4v) is 1.36. The molecule has 0 N–H and O–H groups in total. The van der Waals surface area contributed by atoms with Gasteiger partial charge in [0, 0.05) is 6.61 Å². The van der Waals surface area contributed by atoms with Crippen molar-refractivity contribution in [1.82, 2.24) is 0 Å². The normalized spacial score (nSPS) is 28.0. The highest BCUT2D eigenvalue weighted by molar-refractivity contribution is 5.73. The molecule has 1 saturated heterocycles. The molecule has 1 heterocycles. The van der Waals surface area contributed by atoms with Crippen molar-refractivity contribution >= 4 is 5.97 Å². The Kier molecular flexibility index (Phi) is 3.59. The first-order valence-electron chi connectivity index (χ1n) is 4.23. The smallest absolute Gasteiger partial charge is 0.311 e. The number of hydrogen-bond donors (Lipinski definition) is 0. The van der Waals surface area contributed by atoms with Gasteiger partial charge < -0.3 is 9.47 Å². The molecule has 13 heavy (non-hydrogen) atoms. The summed E-state index contributed by atoms with van der Waals surface area (Å²) in [7, 11) is 0. The second-order valence-corrected chi connectivity index (χ2v) is 2.82. The summed E-state index contributed by atoms with van der Waals surface area (Å²) in [6, 6.07) is 0. The summed E-state index contributed by atoms with van der Waals surface area (Å²) in [5.41, 5.74) is 0. The van der Waals surface area contributed by atoms with Crippen LogP contribution in [0.4, 0.5) is 8.78 Å². The molecule has 0 aromatic heterocycles. The van der Waals surface area contributed by atoms with Crippen molar-refractivity contribution in [2.75, 3.05) is 13.2 Å². The Hall–Kier alpha value is -0.710. The third kappa shape index (κ3) is 2.37. The maximum Gasteiger partial charge on any atom is 0.311 e. The molecule has 0 spiro atoms. The van der Waals surface area contributed by atoms with Crippen molar-refractivity contribution < 1.29 is 23.0 Å². The molecule has 0 bridgehead atoms. The summed E-state index contributed by atoms with van der Waals surface area (Å²) in [5.74, 6) is -1.37. The van der Waals surface area contributed by atoms with Crippen molar-refractivity contribution in [1.29, 1.82) is 0 Å². The quantitative estimate of drug-likeness (QED) is 0.633. The molecule has 0 aromatic carbocycles. The van der Waals surface area contributed by atoms with Crippen LogP contribution in [-0.4, -0.2) is 31.7 Å². The maximum atomic E-state index is 12.3. The van der Waals surface area contributed by atoms with E-state index in [4.69, 9.17) is 4.74 Å². The van der Waals surface area contributed by atoms with E-state index in [-0.39, 0.29) is 13.2 Å². The Balaban J connectivity index is 2.52. The van der Waals surface area contributed by atoms with Crippen molar-refractivity contribution in [2.24, 2.45) is 5.92 Å². The predicted molar refractivity (Wildman–Crippen MR) is 40.5 cm³/mol. The van der Waals surface area contributed by atoms with Gasteiger partial charge in [-0.1, -0.05) is 0 Å². The summed E-state index contributed by atoms with van der Waals surface area (Å²) in [6.45, 7) is 2.06. The Labute approximate surface area is 75.0 Å². The van der Waals surface area contributed by atoms with Crippen LogP contribution in [0.25, 0.3) is 0 Å². The molecule has 76 valence electrons. The first kappa shape index (κ1) is 10.4. The largest absolute Gasteiger partial charge is 0.466 e. The molecule has 3 nitrogen and oxygen atoms in total. The summed E-state index contributed by atoms with van der Waals surface area (Å²) < 4.78 is 33.9. The van der Waals surface area contributed by atoms with Gasteiger partial charge in [-0.25, -0.2) is 8.78 Å². The lowest BCUT2D eigenvalue weighted by Crippen LogP contribution is -2.31. The van der Waals surface area contributed by atoms with Gasteiger partial charge in [0.1, 0.15) is 6.10 Å². The molecular formula is C8H12F2O3. The average Bonchev–Trinajstić information content (AvgIpc) is 2.52.